The van der Waals surface area contributed by atoms with Crippen LogP contribution < -0.4 is 0 Å². The van der Waals surface area contributed by atoms with E-state index in [-0.39, 0.29) is 0 Å². The molecule has 0 radical (unpaired) electrons. The molecule has 0 unspecified atom stereocenters. The lowest BCUT2D eigenvalue weighted by Gasteiger charge is -1.99. The maximum atomic E-state index is 9.10. The van der Waals surface area contributed by atoms with Crippen molar-refractivity contribution in [2.24, 2.45) is 0 Å². The number of unbranched alkanes of at least 4 members (excludes halogenated alkanes) is 1. The number of hydrogen-bond acceptors (Lipinski definition) is 1. The molecule has 2 aromatic carbocycles. The molecule has 2 rings (SSSR count). The van der Waals surface area contributed by atoms with E-state index in [1.807, 2.05) is 36.4 Å². The van der Waals surface area contributed by atoms with Crippen molar-refractivity contribution in [2.75, 3.05) is 0 Å². The third kappa shape index (κ3) is 4.28. The zero-order chi connectivity index (χ0) is 15.6. The summed E-state index contributed by atoms with van der Waals surface area (Å²) in [5.41, 5.74) is 3.47. The summed E-state index contributed by atoms with van der Waals surface area (Å²) < 4.78 is 0. The van der Waals surface area contributed by atoms with Crippen molar-refractivity contribution in [3.8, 4) is 29.8 Å². The molecule has 1 nitrogen and oxygen atoms in total. The Bertz CT molecular complexity index is 801. The number of nitriles is 1. The van der Waals surface area contributed by atoms with Crippen LogP contribution in [0.25, 0.3) is 0 Å². The second-order valence-electron chi connectivity index (χ2n) is 4.84. The molecule has 0 spiro atoms. The highest BCUT2D eigenvalue weighted by atomic mass is 14.2. The zero-order valence-corrected chi connectivity index (χ0v) is 12.7. The highest BCUT2D eigenvalue weighted by Gasteiger charge is 1.98. The predicted molar refractivity (Wildman–Crippen MR) is 90.0 cm³/mol. The minimum atomic E-state index is 0.607. The molecule has 0 bridgehead atoms. The lowest BCUT2D eigenvalue weighted by atomic mass is 10.0. The monoisotopic (exact) mass is 283 g/mol. The molecule has 0 saturated carbocycles. The summed E-state index contributed by atoms with van der Waals surface area (Å²) in [4.78, 5) is 0. The summed E-state index contributed by atoms with van der Waals surface area (Å²) in [6.45, 7) is 2.13. The van der Waals surface area contributed by atoms with Gasteiger partial charge in [0.25, 0.3) is 0 Å². The first kappa shape index (κ1) is 15.4. The Balaban J connectivity index is 2.27. The smallest absolute Gasteiger partial charge is 0.100 e. The summed E-state index contributed by atoms with van der Waals surface area (Å²) in [6, 6.07) is 17.6. The molecule has 2 aromatic rings. The normalized spacial score (nSPS) is 8.91. The van der Waals surface area contributed by atoms with E-state index in [2.05, 4.69) is 42.7 Å². The van der Waals surface area contributed by atoms with Crippen LogP contribution >= 0.6 is 0 Å². The average molecular weight is 283 g/mol. The van der Waals surface area contributed by atoms with E-state index in [4.69, 9.17) is 5.26 Å². The van der Waals surface area contributed by atoms with Crippen molar-refractivity contribution in [3.63, 3.8) is 0 Å². The van der Waals surface area contributed by atoms with Gasteiger partial charge in [0.15, 0.2) is 0 Å². The topological polar surface area (TPSA) is 23.8 Å². The van der Waals surface area contributed by atoms with Gasteiger partial charge < -0.3 is 0 Å². The molecule has 0 N–H and O–H groups in total. The van der Waals surface area contributed by atoms with Crippen LogP contribution in [0.4, 0.5) is 0 Å². The fourth-order valence-electron chi connectivity index (χ4n) is 1.99. The maximum Gasteiger partial charge on any atom is 0.100 e. The lowest BCUT2D eigenvalue weighted by molar-refractivity contribution is 0.981. The second kappa shape index (κ2) is 8.36. The average Bonchev–Trinajstić information content (AvgIpc) is 2.58. The molecule has 0 amide bonds. The Morgan fingerprint density at radius 1 is 0.818 bits per heavy atom. The van der Waals surface area contributed by atoms with E-state index in [1.54, 1.807) is 6.07 Å². The van der Waals surface area contributed by atoms with Crippen molar-refractivity contribution in [1.82, 2.24) is 0 Å². The van der Waals surface area contributed by atoms with Crippen LogP contribution in [-0.2, 0) is 6.42 Å². The van der Waals surface area contributed by atoms with E-state index in [0.717, 1.165) is 29.5 Å². The van der Waals surface area contributed by atoms with E-state index in [1.165, 1.54) is 0 Å². The lowest BCUT2D eigenvalue weighted by Crippen LogP contribution is -1.88. The fourth-order valence-corrected chi connectivity index (χ4v) is 1.99. The third-order valence-electron chi connectivity index (χ3n) is 3.18. The molecular weight excluding hydrogens is 266 g/mol. The molecule has 0 aliphatic rings. The second-order valence-corrected chi connectivity index (χ2v) is 4.84. The number of benzene rings is 2. The van der Waals surface area contributed by atoms with Gasteiger partial charge in [-0.1, -0.05) is 55.0 Å². The summed E-state index contributed by atoms with van der Waals surface area (Å²) >= 11 is 0. The minimum Gasteiger partial charge on any atom is -0.192 e. The van der Waals surface area contributed by atoms with Gasteiger partial charge >= 0.3 is 0 Å². The van der Waals surface area contributed by atoms with Crippen LogP contribution in [0.3, 0.4) is 0 Å². The van der Waals surface area contributed by atoms with Crippen molar-refractivity contribution < 1.29 is 0 Å². The molecule has 106 valence electrons. The standard InChI is InChI=1S/C21H17N/c1-2-3-4-5-10-18-11-6-7-12-19(18)15-16-20-13-8-9-14-21(20)17-22/h6-9,11-14H,2-3,10H2,1H3. The molecule has 0 aromatic heterocycles. The molecule has 1 heteroatoms. The molecular formula is C21H17N. The van der Waals surface area contributed by atoms with Gasteiger partial charge in [-0.05, 0) is 30.2 Å². The van der Waals surface area contributed by atoms with Gasteiger partial charge in [0, 0.05) is 24.0 Å². The van der Waals surface area contributed by atoms with Crippen LogP contribution in [0.5, 0.6) is 0 Å². The highest BCUT2D eigenvalue weighted by Crippen LogP contribution is 2.10. The Hall–Kier alpha value is -2.95. The Labute approximate surface area is 132 Å². The largest absolute Gasteiger partial charge is 0.192 e. The molecule has 0 atom stereocenters. The first-order valence-corrected chi connectivity index (χ1v) is 7.40. The number of hydrogen-bond donors (Lipinski definition) is 0. The van der Waals surface area contributed by atoms with Crippen molar-refractivity contribution >= 4 is 0 Å². The van der Waals surface area contributed by atoms with Gasteiger partial charge in [0.1, 0.15) is 6.07 Å². The maximum absolute atomic E-state index is 9.10. The van der Waals surface area contributed by atoms with Crippen LogP contribution in [-0.4, -0.2) is 0 Å². The molecule has 22 heavy (non-hydrogen) atoms. The molecule has 0 aliphatic heterocycles. The van der Waals surface area contributed by atoms with E-state index in [9.17, 15) is 0 Å². The van der Waals surface area contributed by atoms with Gasteiger partial charge in [-0.25, -0.2) is 0 Å². The molecule has 0 heterocycles. The van der Waals surface area contributed by atoms with Crippen molar-refractivity contribution in [1.29, 1.82) is 5.26 Å². The van der Waals surface area contributed by atoms with E-state index < -0.39 is 0 Å². The van der Waals surface area contributed by atoms with Crippen LogP contribution in [0.2, 0.25) is 0 Å². The van der Waals surface area contributed by atoms with Gasteiger partial charge in [-0.3, -0.25) is 0 Å². The number of rotatable bonds is 2. The molecule has 0 aliphatic carbocycles. The molecule has 0 saturated heterocycles. The zero-order valence-electron chi connectivity index (χ0n) is 12.7. The first-order valence-electron chi connectivity index (χ1n) is 7.40. The van der Waals surface area contributed by atoms with Crippen LogP contribution in [0, 0.1) is 35.0 Å². The summed E-state index contributed by atoms with van der Waals surface area (Å²) in [5, 5.41) is 9.10. The summed E-state index contributed by atoms with van der Waals surface area (Å²) in [7, 11) is 0. The first-order chi connectivity index (χ1) is 10.8. The van der Waals surface area contributed by atoms with E-state index in [0.29, 0.717) is 12.0 Å². The van der Waals surface area contributed by atoms with Gasteiger partial charge in [-0.2, -0.15) is 5.26 Å². The van der Waals surface area contributed by atoms with Crippen molar-refractivity contribution in [3.05, 3.63) is 70.8 Å². The SMILES string of the molecule is CCCC#CCc1ccccc1C#Cc1ccccc1C#N. The Kier molecular flexibility index (Phi) is 5.87. The summed E-state index contributed by atoms with van der Waals surface area (Å²) in [6.07, 6.45) is 2.73. The predicted octanol–water partition coefficient (Wildman–Crippen LogP) is 4.30. The van der Waals surface area contributed by atoms with Gasteiger partial charge in [0.05, 0.1) is 5.56 Å². The number of nitrogens with zero attached hydrogens (tertiary/aromatic N) is 1. The highest BCUT2D eigenvalue weighted by molar-refractivity contribution is 5.52. The fraction of sp³-hybridized carbons (Fsp3) is 0.190. The molecule has 0 fully saturated rings. The Morgan fingerprint density at radius 2 is 1.45 bits per heavy atom. The summed E-state index contributed by atoms with van der Waals surface area (Å²) in [5.74, 6) is 12.6. The Morgan fingerprint density at radius 3 is 2.18 bits per heavy atom. The van der Waals surface area contributed by atoms with Crippen LogP contribution in [0.15, 0.2) is 48.5 Å². The minimum absolute atomic E-state index is 0.607. The van der Waals surface area contributed by atoms with E-state index >= 15 is 0 Å². The van der Waals surface area contributed by atoms with Gasteiger partial charge in [-0.15, -0.1) is 5.92 Å². The van der Waals surface area contributed by atoms with Crippen molar-refractivity contribution in [2.45, 2.75) is 26.2 Å². The third-order valence-corrected chi connectivity index (χ3v) is 3.18. The van der Waals surface area contributed by atoms with Crippen LogP contribution in [0.1, 0.15) is 42.0 Å². The van der Waals surface area contributed by atoms with Gasteiger partial charge in [0.2, 0.25) is 0 Å². The quantitative estimate of drug-likeness (QED) is 0.754.